The first-order valence-corrected chi connectivity index (χ1v) is 11.6. The van der Waals surface area contributed by atoms with Gasteiger partial charge in [-0.3, -0.25) is 9.59 Å². The molecule has 1 fully saturated rings. The molecule has 1 aliphatic rings. The first kappa shape index (κ1) is 23.4. The SMILES string of the molecule is N#Cc1ccccc1NC(=O)C(=O)NCC[C@H]1CCCCN1S(=O)(=O)c1ccc(F)cc1. The fourth-order valence-corrected chi connectivity index (χ4v) is 5.35. The molecule has 2 aromatic rings. The number of sulfonamides is 1. The molecule has 0 radical (unpaired) electrons. The number of nitrogens with one attached hydrogen (secondary N) is 2. The maximum absolute atomic E-state index is 13.2. The molecule has 1 heterocycles. The predicted molar refractivity (Wildman–Crippen MR) is 115 cm³/mol. The minimum atomic E-state index is -3.80. The lowest BCUT2D eigenvalue weighted by Gasteiger charge is -2.34. The largest absolute Gasteiger partial charge is 0.348 e. The smallest absolute Gasteiger partial charge is 0.313 e. The van der Waals surface area contributed by atoms with Crippen molar-refractivity contribution in [2.45, 2.75) is 36.6 Å². The fourth-order valence-electron chi connectivity index (χ4n) is 3.62. The van der Waals surface area contributed by atoms with Crippen LogP contribution in [0.3, 0.4) is 0 Å². The summed E-state index contributed by atoms with van der Waals surface area (Å²) in [5.74, 6) is -2.30. The van der Waals surface area contributed by atoms with Crippen LogP contribution in [0.25, 0.3) is 0 Å². The molecule has 8 nitrogen and oxygen atoms in total. The first-order valence-electron chi connectivity index (χ1n) is 10.2. The van der Waals surface area contributed by atoms with E-state index < -0.39 is 27.7 Å². The summed E-state index contributed by atoms with van der Waals surface area (Å²) in [7, 11) is -3.80. The molecule has 2 amide bonds. The van der Waals surface area contributed by atoms with Crippen molar-refractivity contribution in [1.29, 1.82) is 5.26 Å². The van der Waals surface area contributed by atoms with Crippen molar-refractivity contribution in [2.24, 2.45) is 0 Å². The lowest BCUT2D eigenvalue weighted by atomic mass is 10.0. The second-order valence-electron chi connectivity index (χ2n) is 7.38. The molecule has 0 saturated carbocycles. The van der Waals surface area contributed by atoms with Crippen LogP contribution in [0.2, 0.25) is 0 Å². The Hall–Kier alpha value is -3.29. The van der Waals surface area contributed by atoms with Crippen LogP contribution >= 0.6 is 0 Å². The minimum absolute atomic E-state index is 0.0189. The monoisotopic (exact) mass is 458 g/mol. The quantitative estimate of drug-likeness (QED) is 0.644. The highest BCUT2D eigenvalue weighted by Crippen LogP contribution is 2.27. The molecule has 2 aromatic carbocycles. The van der Waals surface area contributed by atoms with E-state index in [1.54, 1.807) is 12.1 Å². The van der Waals surface area contributed by atoms with Gasteiger partial charge in [0.25, 0.3) is 0 Å². The van der Waals surface area contributed by atoms with Crippen LogP contribution in [0.4, 0.5) is 10.1 Å². The van der Waals surface area contributed by atoms with Gasteiger partial charge in [0.1, 0.15) is 11.9 Å². The predicted octanol–water partition coefficient (Wildman–Crippen LogP) is 2.39. The number of benzene rings is 2. The number of piperidine rings is 1. The maximum Gasteiger partial charge on any atom is 0.313 e. The minimum Gasteiger partial charge on any atom is -0.348 e. The topological polar surface area (TPSA) is 119 Å². The van der Waals surface area contributed by atoms with E-state index in [0.29, 0.717) is 25.8 Å². The zero-order valence-corrected chi connectivity index (χ0v) is 18.1. The van der Waals surface area contributed by atoms with Gasteiger partial charge in [-0.15, -0.1) is 0 Å². The summed E-state index contributed by atoms with van der Waals surface area (Å²) >= 11 is 0. The number of rotatable bonds is 6. The van der Waals surface area contributed by atoms with Gasteiger partial charge in [0.15, 0.2) is 0 Å². The van der Waals surface area contributed by atoms with Crippen LogP contribution in [-0.4, -0.2) is 43.7 Å². The summed E-state index contributed by atoms with van der Waals surface area (Å²) in [6, 6.07) is 12.6. The molecule has 1 atom stereocenters. The van der Waals surface area contributed by atoms with E-state index in [9.17, 15) is 22.4 Å². The average molecular weight is 459 g/mol. The zero-order chi connectivity index (χ0) is 23.1. The average Bonchev–Trinajstić information content (AvgIpc) is 2.80. The van der Waals surface area contributed by atoms with E-state index in [0.717, 1.165) is 18.6 Å². The molecule has 0 aromatic heterocycles. The van der Waals surface area contributed by atoms with Crippen LogP contribution in [0.15, 0.2) is 53.4 Å². The molecule has 0 unspecified atom stereocenters. The molecule has 168 valence electrons. The Morgan fingerprint density at radius 1 is 1.09 bits per heavy atom. The Balaban J connectivity index is 1.59. The molecule has 1 aliphatic heterocycles. The van der Waals surface area contributed by atoms with Crippen LogP contribution in [0.5, 0.6) is 0 Å². The normalized spacial score (nSPS) is 16.7. The molecule has 0 aliphatic carbocycles. The van der Waals surface area contributed by atoms with Gasteiger partial charge in [0.2, 0.25) is 10.0 Å². The van der Waals surface area contributed by atoms with Crippen molar-refractivity contribution >= 4 is 27.5 Å². The Morgan fingerprint density at radius 3 is 2.53 bits per heavy atom. The second kappa shape index (κ2) is 10.3. The van der Waals surface area contributed by atoms with Gasteiger partial charge in [-0.1, -0.05) is 18.6 Å². The van der Waals surface area contributed by atoms with E-state index in [-0.39, 0.29) is 28.7 Å². The fraction of sp³-hybridized carbons (Fsp3) is 0.318. The summed E-state index contributed by atoms with van der Waals surface area (Å²) < 4.78 is 40.6. The van der Waals surface area contributed by atoms with Gasteiger partial charge in [0, 0.05) is 19.1 Å². The summed E-state index contributed by atoms with van der Waals surface area (Å²) in [6.07, 6.45) is 2.51. The number of hydrogen-bond donors (Lipinski definition) is 2. The Labute approximate surface area is 186 Å². The molecule has 2 N–H and O–H groups in total. The molecule has 3 rings (SSSR count). The van der Waals surface area contributed by atoms with Crippen LogP contribution in [0.1, 0.15) is 31.2 Å². The molecular weight excluding hydrogens is 435 g/mol. The molecule has 32 heavy (non-hydrogen) atoms. The molecule has 0 bridgehead atoms. The van der Waals surface area contributed by atoms with E-state index in [1.165, 1.54) is 28.6 Å². The number of hydrogen-bond acceptors (Lipinski definition) is 5. The Kier molecular flexibility index (Phi) is 7.56. The van der Waals surface area contributed by atoms with Crippen LogP contribution in [-0.2, 0) is 19.6 Å². The third-order valence-corrected chi connectivity index (χ3v) is 7.22. The number of nitriles is 1. The maximum atomic E-state index is 13.2. The summed E-state index contributed by atoms with van der Waals surface area (Å²) in [6.45, 7) is 0.440. The number of carbonyl (C=O) groups excluding carboxylic acids is 2. The molecular formula is C22H23FN4O4S. The third-order valence-electron chi connectivity index (χ3n) is 5.26. The van der Waals surface area contributed by atoms with Crippen LogP contribution in [0, 0.1) is 17.1 Å². The summed E-state index contributed by atoms with van der Waals surface area (Å²) in [5.41, 5.74) is 0.469. The lowest BCUT2D eigenvalue weighted by molar-refractivity contribution is -0.136. The van der Waals surface area contributed by atoms with Crippen molar-refractivity contribution in [3.05, 3.63) is 59.9 Å². The number of halogens is 1. The Bertz CT molecular complexity index is 1130. The summed E-state index contributed by atoms with van der Waals surface area (Å²) in [5, 5.41) is 14.0. The summed E-state index contributed by atoms with van der Waals surface area (Å²) in [4.78, 5) is 24.3. The van der Waals surface area contributed by atoms with Gasteiger partial charge in [0.05, 0.1) is 16.1 Å². The second-order valence-corrected chi connectivity index (χ2v) is 9.27. The standard InChI is InChI=1S/C22H23FN4O4S/c23-17-8-10-19(11-9-17)32(30,31)27-14-4-3-6-18(27)12-13-25-21(28)22(29)26-20-7-2-1-5-16(20)15-24/h1-2,5,7-11,18H,3-4,6,12-14H2,(H,25,28)(H,26,29)/t18-/m1/s1. The lowest BCUT2D eigenvalue weighted by Crippen LogP contribution is -2.45. The highest BCUT2D eigenvalue weighted by molar-refractivity contribution is 7.89. The van der Waals surface area contributed by atoms with E-state index >= 15 is 0 Å². The number of amides is 2. The van der Waals surface area contributed by atoms with Gasteiger partial charge < -0.3 is 10.6 Å². The van der Waals surface area contributed by atoms with E-state index in [4.69, 9.17) is 5.26 Å². The van der Waals surface area contributed by atoms with Gasteiger partial charge in [-0.2, -0.15) is 9.57 Å². The molecule has 0 spiro atoms. The Morgan fingerprint density at radius 2 is 1.81 bits per heavy atom. The molecule has 1 saturated heterocycles. The number of nitrogens with zero attached hydrogens (tertiary/aromatic N) is 2. The number of anilines is 1. The zero-order valence-electron chi connectivity index (χ0n) is 17.3. The van der Waals surface area contributed by atoms with Crippen LogP contribution < -0.4 is 10.6 Å². The highest BCUT2D eigenvalue weighted by atomic mass is 32.2. The van der Waals surface area contributed by atoms with Gasteiger partial charge in [-0.05, 0) is 55.7 Å². The third kappa shape index (κ3) is 5.49. The number of para-hydroxylation sites is 1. The van der Waals surface area contributed by atoms with Crippen molar-refractivity contribution < 1.29 is 22.4 Å². The van der Waals surface area contributed by atoms with Crippen molar-refractivity contribution in [1.82, 2.24) is 9.62 Å². The van der Waals surface area contributed by atoms with E-state index in [2.05, 4.69) is 10.6 Å². The van der Waals surface area contributed by atoms with Gasteiger partial charge in [-0.25, -0.2) is 12.8 Å². The van der Waals surface area contributed by atoms with Crippen molar-refractivity contribution in [3.8, 4) is 6.07 Å². The van der Waals surface area contributed by atoms with E-state index in [1.807, 2.05) is 6.07 Å². The number of carbonyl (C=O) groups is 2. The van der Waals surface area contributed by atoms with Gasteiger partial charge >= 0.3 is 11.8 Å². The highest BCUT2D eigenvalue weighted by Gasteiger charge is 2.33. The first-order chi connectivity index (χ1) is 15.3. The molecule has 10 heteroatoms. The van der Waals surface area contributed by atoms with Crippen molar-refractivity contribution in [3.63, 3.8) is 0 Å². The van der Waals surface area contributed by atoms with Crippen molar-refractivity contribution in [2.75, 3.05) is 18.4 Å².